The predicted octanol–water partition coefficient (Wildman–Crippen LogP) is 3.99. The molecular formula is C22H29NO5S. The minimum Gasteiger partial charge on any atom is -0.493 e. The molecule has 0 unspecified atom stereocenters. The van der Waals surface area contributed by atoms with Crippen molar-refractivity contribution in [2.45, 2.75) is 44.6 Å². The largest absolute Gasteiger partial charge is 0.493 e. The van der Waals surface area contributed by atoms with E-state index < -0.39 is 15.7 Å². The van der Waals surface area contributed by atoms with Crippen LogP contribution in [0, 0.1) is 0 Å². The zero-order valence-corrected chi connectivity index (χ0v) is 18.1. The van der Waals surface area contributed by atoms with Crippen LogP contribution in [0.1, 0.15) is 49.0 Å². The van der Waals surface area contributed by atoms with Gasteiger partial charge in [0.1, 0.15) is 0 Å². The van der Waals surface area contributed by atoms with E-state index in [2.05, 4.69) is 12.2 Å². The molecule has 0 fully saturated rings. The molecule has 0 aliphatic carbocycles. The monoisotopic (exact) mass is 419 g/mol. The van der Waals surface area contributed by atoms with E-state index in [-0.39, 0.29) is 22.8 Å². The fourth-order valence-corrected chi connectivity index (χ4v) is 4.39. The fraction of sp³-hybridized carbons (Fsp3) is 0.409. The number of ether oxygens (including phenoxy) is 2. The SMILES string of the molecule is CCCCOc1ccc(CNC(=O)c2ccccc2S(=O)(=O)CCC)cc1OC. The molecule has 0 radical (unpaired) electrons. The summed E-state index contributed by atoms with van der Waals surface area (Å²) < 4.78 is 36.0. The van der Waals surface area contributed by atoms with E-state index in [0.29, 0.717) is 24.5 Å². The summed E-state index contributed by atoms with van der Waals surface area (Å²) in [6.07, 6.45) is 2.49. The highest BCUT2D eigenvalue weighted by Gasteiger charge is 2.21. The number of nitrogens with one attached hydrogen (secondary N) is 1. The van der Waals surface area contributed by atoms with Gasteiger partial charge in [-0.05, 0) is 42.7 Å². The number of benzene rings is 2. The Hall–Kier alpha value is -2.54. The van der Waals surface area contributed by atoms with Crippen LogP contribution in [0.15, 0.2) is 47.4 Å². The average molecular weight is 420 g/mol. The summed E-state index contributed by atoms with van der Waals surface area (Å²) in [6.45, 7) is 4.75. The molecule has 0 heterocycles. The third-order valence-corrected chi connectivity index (χ3v) is 6.35. The molecule has 2 aromatic carbocycles. The van der Waals surface area contributed by atoms with Gasteiger partial charge >= 0.3 is 0 Å². The Morgan fingerprint density at radius 2 is 1.79 bits per heavy atom. The van der Waals surface area contributed by atoms with Gasteiger partial charge in [0.25, 0.3) is 5.91 Å². The maximum Gasteiger partial charge on any atom is 0.252 e. The minimum absolute atomic E-state index is 0.00792. The van der Waals surface area contributed by atoms with E-state index in [0.717, 1.165) is 18.4 Å². The zero-order valence-electron chi connectivity index (χ0n) is 17.2. The molecule has 2 rings (SSSR count). The van der Waals surface area contributed by atoms with Crippen LogP contribution in [-0.2, 0) is 16.4 Å². The van der Waals surface area contributed by atoms with Crippen LogP contribution in [-0.4, -0.2) is 33.8 Å². The smallest absolute Gasteiger partial charge is 0.252 e. The maximum absolute atomic E-state index is 12.7. The summed E-state index contributed by atoms with van der Waals surface area (Å²) in [6, 6.07) is 11.8. The van der Waals surface area contributed by atoms with Gasteiger partial charge < -0.3 is 14.8 Å². The van der Waals surface area contributed by atoms with E-state index in [1.807, 2.05) is 12.1 Å². The van der Waals surface area contributed by atoms with E-state index in [1.165, 1.54) is 12.1 Å². The standard InChI is InChI=1S/C22H29NO5S/c1-4-6-13-28-19-12-11-17(15-20(19)27-3)16-23-22(24)18-9-7-8-10-21(18)29(25,26)14-5-2/h7-12,15H,4-6,13-14,16H2,1-3H3,(H,23,24). The van der Waals surface area contributed by atoms with Crippen LogP contribution in [0.25, 0.3) is 0 Å². The Labute approximate surface area is 173 Å². The molecule has 0 bridgehead atoms. The first-order valence-corrected chi connectivity index (χ1v) is 11.5. The first kappa shape index (κ1) is 22.7. The van der Waals surface area contributed by atoms with Crippen molar-refractivity contribution in [3.8, 4) is 11.5 Å². The quantitative estimate of drug-likeness (QED) is 0.557. The lowest BCUT2D eigenvalue weighted by Gasteiger charge is -2.13. The lowest BCUT2D eigenvalue weighted by atomic mass is 10.1. The second-order valence-corrected chi connectivity index (χ2v) is 8.76. The highest BCUT2D eigenvalue weighted by molar-refractivity contribution is 7.91. The lowest BCUT2D eigenvalue weighted by molar-refractivity contribution is 0.0947. The number of rotatable bonds is 11. The van der Waals surface area contributed by atoms with Crippen molar-refractivity contribution >= 4 is 15.7 Å². The topological polar surface area (TPSA) is 81.7 Å². The molecule has 0 spiro atoms. The van der Waals surface area contributed by atoms with Crippen molar-refractivity contribution in [1.29, 1.82) is 0 Å². The Bertz CT molecular complexity index is 925. The molecule has 0 aliphatic heterocycles. The van der Waals surface area contributed by atoms with Crippen LogP contribution < -0.4 is 14.8 Å². The van der Waals surface area contributed by atoms with E-state index in [9.17, 15) is 13.2 Å². The third kappa shape index (κ3) is 6.22. The maximum atomic E-state index is 12.7. The van der Waals surface area contributed by atoms with Gasteiger partial charge in [0.15, 0.2) is 21.3 Å². The van der Waals surface area contributed by atoms with E-state index in [4.69, 9.17) is 9.47 Å². The molecule has 7 heteroatoms. The van der Waals surface area contributed by atoms with Gasteiger partial charge in [-0.3, -0.25) is 4.79 Å². The summed E-state index contributed by atoms with van der Waals surface area (Å²) in [5.41, 5.74) is 0.986. The van der Waals surface area contributed by atoms with Crippen molar-refractivity contribution in [2.24, 2.45) is 0 Å². The summed E-state index contributed by atoms with van der Waals surface area (Å²) >= 11 is 0. The minimum atomic E-state index is -3.49. The van der Waals surface area contributed by atoms with Crippen LogP contribution in [0.4, 0.5) is 0 Å². The zero-order chi connectivity index (χ0) is 21.3. The van der Waals surface area contributed by atoms with Gasteiger partial charge in [-0.25, -0.2) is 8.42 Å². The first-order valence-electron chi connectivity index (χ1n) is 9.82. The molecule has 0 saturated heterocycles. The van der Waals surface area contributed by atoms with Gasteiger partial charge in [0.2, 0.25) is 0 Å². The fourth-order valence-electron chi connectivity index (χ4n) is 2.85. The number of methoxy groups -OCH3 is 1. The molecule has 158 valence electrons. The van der Waals surface area contributed by atoms with Crippen molar-refractivity contribution in [2.75, 3.05) is 19.5 Å². The van der Waals surface area contributed by atoms with E-state index >= 15 is 0 Å². The Morgan fingerprint density at radius 1 is 1.03 bits per heavy atom. The van der Waals surface area contributed by atoms with Crippen molar-refractivity contribution in [3.63, 3.8) is 0 Å². The molecular weight excluding hydrogens is 390 g/mol. The average Bonchev–Trinajstić information content (AvgIpc) is 2.72. The summed E-state index contributed by atoms with van der Waals surface area (Å²) in [7, 11) is -1.93. The van der Waals surface area contributed by atoms with Gasteiger partial charge in [-0.15, -0.1) is 0 Å². The Kier molecular flexibility index (Phi) is 8.51. The number of amides is 1. The van der Waals surface area contributed by atoms with Crippen LogP contribution in [0.5, 0.6) is 11.5 Å². The summed E-state index contributed by atoms with van der Waals surface area (Å²) in [5, 5.41) is 2.79. The lowest BCUT2D eigenvalue weighted by Crippen LogP contribution is -2.25. The number of hydrogen-bond donors (Lipinski definition) is 1. The Morgan fingerprint density at radius 3 is 2.48 bits per heavy atom. The number of carbonyl (C=O) groups excluding carboxylic acids is 1. The highest BCUT2D eigenvalue weighted by Crippen LogP contribution is 2.28. The predicted molar refractivity (Wildman–Crippen MR) is 113 cm³/mol. The molecule has 0 aliphatic rings. The molecule has 1 N–H and O–H groups in total. The van der Waals surface area contributed by atoms with Gasteiger partial charge in [-0.2, -0.15) is 0 Å². The van der Waals surface area contributed by atoms with E-state index in [1.54, 1.807) is 32.2 Å². The van der Waals surface area contributed by atoms with Gasteiger partial charge in [0, 0.05) is 6.54 Å². The number of unbranched alkanes of at least 4 members (excludes halogenated alkanes) is 1. The number of sulfone groups is 1. The van der Waals surface area contributed by atoms with Gasteiger partial charge in [-0.1, -0.05) is 38.5 Å². The highest BCUT2D eigenvalue weighted by atomic mass is 32.2. The third-order valence-electron chi connectivity index (χ3n) is 4.38. The number of hydrogen-bond acceptors (Lipinski definition) is 5. The number of carbonyl (C=O) groups is 1. The van der Waals surface area contributed by atoms with Crippen LogP contribution in [0.3, 0.4) is 0 Å². The first-order chi connectivity index (χ1) is 13.9. The van der Waals surface area contributed by atoms with Gasteiger partial charge in [0.05, 0.1) is 29.9 Å². The second kappa shape index (κ2) is 10.9. The second-order valence-electron chi connectivity index (χ2n) is 6.68. The van der Waals surface area contributed by atoms with Crippen molar-refractivity contribution in [1.82, 2.24) is 5.32 Å². The van der Waals surface area contributed by atoms with Crippen LogP contribution >= 0.6 is 0 Å². The Balaban J connectivity index is 2.12. The molecule has 1 amide bonds. The normalized spacial score (nSPS) is 11.1. The summed E-state index contributed by atoms with van der Waals surface area (Å²) in [4.78, 5) is 12.7. The van der Waals surface area contributed by atoms with Crippen molar-refractivity contribution < 1.29 is 22.7 Å². The molecule has 2 aromatic rings. The molecule has 6 nitrogen and oxygen atoms in total. The molecule has 0 atom stereocenters. The molecule has 0 saturated carbocycles. The van der Waals surface area contributed by atoms with Crippen LogP contribution in [0.2, 0.25) is 0 Å². The molecule has 0 aromatic heterocycles. The molecule has 29 heavy (non-hydrogen) atoms. The van der Waals surface area contributed by atoms with Crippen molar-refractivity contribution in [3.05, 3.63) is 53.6 Å². The summed E-state index contributed by atoms with van der Waals surface area (Å²) in [5.74, 6) is 0.835.